The minimum atomic E-state index is -0.516. The Kier molecular flexibility index (Phi) is 5.90. The first kappa shape index (κ1) is 20.2. The number of benzene rings is 2. The quantitative estimate of drug-likeness (QED) is 0.679. The molecule has 7 heteroatoms. The molecular formula is C23H23N3O3S. The second-order valence-electron chi connectivity index (χ2n) is 7.31. The third-order valence-electron chi connectivity index (χ3n) is 5.09. The van der Waals surface area contributed by atoms with Crippen LogP contribution in [0.5, 0.6) is 5.75 Å². The number of para-hydroxylation sites is 1. The Hall–Kier alpha value is -3.06. The van der Waals surface area contributed by atoms with E-state index >= 15 is 0 Å². The average Bonchev–Trinajstić information content (AvgIpc) is 3.24. The Balaban J connectivity index is 1.42. The predicted molar refractivity (Wildman–Crippen MR) is 120 cm³/mol. The normalized spacial score (nSPS) is 15.9. The molecule has 30 heavy (non-hydrogen) atoms. The Bertz CT molecular complexity index is 1100. The number of amides is 2. The van der Waals surface area contributed by atoms with Gasteiger partial charge in [0.2, 0.25) is 5.91 Å². The molecule has 1 atom stereocenters. The zero-order valence-electron chi connectivity index (χ0n) is 16.9. The molecular weight excluding hydrogens is 398 g/mol. The van der Waals surface area contributed by atoms with Crippen molar-refractivity contribution in [3.63, 3.8) is 0 Å². The van der Waals surface area contributed by atoms with Gasteiger partial charge < -0.3 is 15.0 Å². The first-order valence-electron chi connectivity index (χ1n) is 9.75. The van der Waals surface area contributed by atoms with Crippen LogP contribution < -0.4 is 10.1 Å². The summed E-state index contributed by atoms with van der Waals surface area (Å²) >= 11 is 1.56. The van der Waals surface area contributed by atoms with Gasteiger partial charge in [-0.05, 0) is 37.6 Å². The number of pyridine rings is 1. The van der Waals surface area contributed by atoms with Crippen molar-refractivity contribution < 1.29 is 14.3 Å². The molecule has 1 fully saturated rings. The molecule has 4 rings (SSSR count). The van der Waals surface area contributed by atoms with E-state index in [0.29, 0.717) is 22.9 Å². The van der Waals surface area contributed by atoms with Crippen molar-refractivity contribution in [3.05, 3.63) is 65.9 Å². The lowest BCUT2D eigenvalue weighted by molar-refractivity contribution is -0.137. The number of aromatic nitrogens is 1. The van der Waals surface area contributed by atoms with E-state index in [1.807, 2.05) is 56.3 Å². The van der Waals surface area contributed by atoms with Gasteiger partial charge in [0.15, 0.2) is 6.61 Å². The van der Waals surface area contributed by atoms with E-state index in [1.54, 1.807) is 28.9 Å². The van der Waals surface area contributed by atoms with E-state index in [9.17, 15) is 9.59 Å². The lowest BCUT2D eigenvalue weighted by Crippen LogP contribution is -2.46. The smallest absolute Gasteiger partial charge is 0.261 e. The molecule has 0 saturated carbocycles. The molecule has 0 spiro atoms. The van der Waals surface area contributed by atoms with Crippen LogP contribution in [-0.2, 0) is 9.59 Å². The average molecular weight is 422 g/mol. The van der Waals surface area contributed by atoms with Crippen molar-refractivity contribution in [2.45, 2.75) is 19.9 Å². The molecule has 3 aromatic rings. The van der Waals surface area contributed by atoms with Crippen LogP contribution in [-0.4, -0.2) is 46.0 Å². The maximum absolute atomic E-state index is 12.8. The minimum absolute atomic E-state index is 0.135. The van der Waals surface area contributed by atoms with Crippen LogP contribution in [0.4, 0.5) is 5.69 Å². The number of thioether (sulfide) groups is 1. The van der Waals surface area contributed by atoms with E-state index in [0.717, 1.165) is 22.2 Å². The lowest BCUT2D eigenvalue weighted by Gasteiger charge is -2.23. The maximum Gasteiger partial charge on any atom is 0.261 e. The van der Waals surface area contributed by atoms with Gasteiger partial charge in [-0.2, -0.15) is 0 Å². The Labute approximate surface area is 179 Å². The highest BCUT2D eigenvalue weighted by atomic mass is 32.2. The Morgan fingerprint density at radius 1 is 1.20 bits per heavy atom. The first-order valence-corrected chi connectivity index (χ1v) is 10.9. The topological polar surface area (TPSA) is 71.5 Å². The molecule has 0 radical (unpaired) electrons. The highest BCUT2D eigenvalue weighted by Crippen LogP contribution is 2.26. The van der Waals surface area contributed by atoms with Gasteiger partial charge in [-0.25, -0.2) is 0 Å². The fourth-order valence-corrected chi connectivity index (χ4v) is 4.67. The van der Waals surface area contributed by atoms with Gasteiger partial charge >= 0.3 is 0 Å². The number of nitrogens with one attached hydrogen (secondary N) is 1. The van der Waals surface area contributed by atoms with Crippen LogP contribution in [0.2, 0.25) is 0 Å². The standard InChI is InChI=1S/C23H23N3O3S/c1-15-8-9-18(16(2)11-15)25-23(28)19-13-30-14-26(19)21(27)12-29-20-7-3-5-17-6-4-10-24-22(17)20/h3-11,19H,12-14H2,1-2H3,(H,25,28)/t19-/m1/s1. The molecule has 0 unspecified atom stereocenters. The van der Waals surface area contributed by atoms with Crippen molar-refractivity contribution in [1.82, 2.24) is 9.88 Å². The monoisotopic (exact) mass is 421 g/mol. The Morgan fingerprint density at radius 3 is 2.87 bits per heavy atom. The SMILES string of the molecule is Cc1ccc(NC(=O)[C@H]2CSCN2C(=O)COc2cccc3cccnc23)c(C)c1. The van der Waals surface area contributed by atoms with Gasteiger partial charge in [-0.1, -0.05) is 35.9 Å². The molecule has 1 saturated heterocycles. The van der Waals surface area contributed by atoms with Gasteiger partial charge in [0.05, 0.1) is 5.88 Å². The van der Waals surface area contributed by atoms with E-state index in [2.05, 4.69) is 10.3 Å². The summed E-state index contributed by atoms with van der Waals surface area (Å²) in [5.74, 6) is 1.21. The van der Waals surface area contributed by atoms with Crippen molar-refractivity contribution >= 4 is 40.2 Å². The molecule has 1 aliphatic heterocycles. The van der Waals surface area contributed by atoms with Crippen LogP contribution in [0.15, 0.2) is 54.7 Å². The fraction of sp³-hybridized carbons (Fsp3) is 0.261. The first-order chi connectivity index (χ1) is 14.5. The van der Waals surface area contributed by atoms with Crippen molar-refractivity contribution in [3.8, 4) is 5.75 Å². The molecule has 1 N–H and O–H groups in total. The van der Waals surface area contributed by atoms with E-state index in [1.165, 1.54) is 0 Å². The fourth-order valence-electron chi connectivity index (χ4n) is 3.49. The second kappa shape index (κ2) is 8.75. The summed E-state index contributed by atoms with van der Waals surface area (Å²) in [5.41, 5.74) is 3.62. The third-order valence-corrected chi connectivity index (χ3v) is 6.10. The van der Waals surface area contributed by atoms with Crippen molar-refractivity contribution in [2.75, 3.05) is 23.6 Å². The summed E-state index contributed by atoms with van der Waals surface area (Å²) < 4.78 is 5.78. The summed E-state index contributed by atoms with van der Waals surface area (Å²) in [6, 6.07) is 14.8. The number of nitrogens with zero attached hydrogens (tertiary/aromatic N) is 2. The molecule has 2 aromatic carbocycles. The van der Waals surface area contributed by atoms with Crippen LogP contribution in [0.3, 0.4) is 0 Å². The minimum Gasteiger partial charge on any atom is -0.481 e. The van der Waals surface area contributed by atoms with Gasteiger partial charge in [-0.3, -0.25) is 14.6 Å². The van der Waals surface area contributed by atoms with Crippen LogP contribution in [0.1, 0.15) is 11.1 Å². The van der Waals surface area contributed by atoms with Gasteiger partial charge in [0.25, 0.3) is 5.91 Å². The maximum atomic E-state index is 12.8. The zero-order chi connectivity index (χ0) is 21.1. The van der Waals surface area contributed by atoms with Gasteiger partial charge in [-0.15, -0.1) is 11.8 Å². The summed E-state index contributed by atoms with van der Waals surface area (Å²) in [5, 5.41) is 3.91. The summed E-state index contributed by atoms with van der Waals surface area (Å²) in [6.07, 6.45) is 1.70. The Morgan fingerprint density at radius 2 is 2.03 bits per heavy atom. The van der Waals surface area contributed by atoms with Crippen molar-refractivity contribution in [2.24, 2.45) is 0 Å². The molecule has 2 amide bonds. The number of hydrogen-bond acceptors (Lipinski definition) is 5. The lowest BCUT2D eigenvalue weighted by atomic mass is 10.1. The van der Waals surface area contributed by atoms with Crippen molar-refractivity contribution in [1.29, 1.82) is 0 Å². The number of anilines is 1. The summed E-state index contributed by atoms with van der Waals surface area (Å²) in [7, 11) is 0. The number of fused-ring (bicyclic) bond motifs is 1. The van der Waals surface area contributed by atoms with E-state index in [-0.39, 0.29) is 18.4 Å². The highest BCUT2D eigenvalue weighted by Gasteiger charge is 2.35. The zero-order valence-corrected chi connectivity index (χ0v) is 17.7. The molecule has 0 bridgehead atoms. The molecule has 1 aromatic heterocycles. The number of rotatable bonds is 5. The van der Waals surface area contributed by atoms with Crippen LogP contribution >= 0.6 is 11.8 Å². The predicted octanol–water partition coefficient (Wildman–Crippen LogP) is 3.77. The number of aryl methyl sites for hydroxylation is 2. The van der Waals surface area contributed by atoms with Crippen LogP contribution in [0.25, 0.3) is 10.9 Å². The van der Waals surface area contributed by atoms with Gasteiger partial charge in [0, 0.05) is 23.0 Å². The number of ether oxygens (including phenoxy) is 1. The number of hydrogen-bond donors (Lipinski definition) is 1. The summed E-state index contributed by atoms with van der Waals surface area (Å²) in [6.45, 7) is 3.84. The van der Waals surface area contributed by atoms with E-state index in [4.69, 9.17) is 4.74 Å². The third kappa shape index (κ3) is 4.26. The molecule has 6 nitrogen and oxygen atoms in total. The number of carbonyl (C=O) groups is 2. The molecule has 1 aliphatic rings. The largest absolute Gasteiger partial charge is 0.481 e. The van der Waals surface area contributed by atoms with E-state index < -0.39 is 6.04 Å². The molecule has 2 heterocycles. The number of carbonyl (C=O) groups excluding carboxylic acids is 2. The summed E-state index contributed by atoms with van der Waals surface area (Å²) in [4.78, 5) is 31.6. The van der Waals surface area contributed by atoms with Crippen LogP contribution in [0, 0.1) is 13.8 Å². The molecule has 154 valence electrons. The second-order valence-corrected chi connectivity index (χ2v) is 8.31. The van der Waals surface area contributed by atoms with Gasteiger partial charge in [0.1, 0.15) is 17.3 Å². The molecule has 0 aliphatic carbocycles. The highest BCUT2D eigenvalue weighted by molar-refractivity contribution is 7.99.